The average Bonchev–Trinajstić information content (AvgIpc) is 3.25. The lowest BCUT2D eigenvalue weighted by molar-refractivity contribution is -0.157. The molecule has 0 radical (unpaired) electrons. The number of primary amides is 1. The minimum Gasteiger partial charge on any atom is -0.458 e. The van der Waals surface area contributed by atoms with Crippen molar-refractivity contribution < 1.29 is 28.9 Å². The van der Waals surface area contributed by atoms with Crippen molar-refractivity contribution in [2.24, 2.45) is 5.73 Å². The van der Waals surface area contributed by atoms with Gasteiger partial charge in [0.1, 0.15) is 12.4 Å². The predicted octanol–water partition coefficient (Wildman–Crippen LogP) is 2.72. The lowest BCUT2D eigenvalue weighted by Crippen LogP contribution is -2.32. The molecule has 1 aliphatic carbocycles. The summed E-state index contributed by atoms with van der Waals surface area (Å²) in [5.74, 6) is -1.49. The lowest BCUT2D eigenvalue weighted by atomic mass is 9.85. The third kappa shape index (κ3) is 4.58. The molecule has 1 amide bonds. The van der Waals surface area contributed by atoms with Crippen molar-refractivity contribution in [2.75, 3.05) is 0 Å². The fourth-order valence-electron chi connectivity index (χ4n) is 5.35. The number of hydrogen-bond acceptors (Lipinski definition) is 7. The van der Waals surface area contributed by atoms with Gasteiger partial charge in [0, 0.05) is 22.6 Å². The zero-order valence-corrected chi connectivity index (χ0v) is 21.9. The van der Waals surface area contributed by atoms with Crippen LogP contribution in [0, 0.1) is 12.7 Å². The first kappa shape index (κ1) is 27.4. The Hall–Kier alpha value is -3.63. The maximum atomic E-state index is 14.5. The molecule has 0 fully saturated rings. The van der Waals surface area contributed by atoms with Crippen molar-refractivity contribution in [3.05, 3.63) is 61.7 Å². The summed E-state index contributed by atoms with van der Waals surface area (Å²) in [7, 11) is 0. The van der Waals surface area contributed by atoms with Crippen LogP contribution in [0.3, 0.4) is 0 Å². The van der Waals surface area contributed by atoms with E-state index in [4.69, 9.17) is 20.6 Å². The number of aliphatic hydroxyl groups excluding tert-OH is 2. The predicted molar refractivity (Wildman–Crippen MR) is 139 cm³/mol. The normalized spacial score (nSPS) is 17.1. The minimum absolute atomic E-state index is 0.0556. The number of fused-ring (bicyclic) bond motifs is 5. The van der Waals surface area contributed by atoms with E-state index in [-0.39, 0.29) is 30.0 Å². The summed E-state index contributed by atoms with van der Waals surface area (Å²) in [6.45, 7) is 7.56. The molecular formula is C28H32FN3O6. The van der Waals surface area contributed by atoms with Crippen LogP contribution in [0.25, 0.3) is 22.3 Å². The Morgan fingerprint density at radius 3 is 2.53 bits per heavy atom. The van der Waals surface area contributed by atoms with Crippen molar-refractivity contribution in [1.82, 2.24) is 9.55 Å². The number of aliphatic hydroxyl groups is 2. The van der Waals surface area contributed by atoms with Crippen molar-refractivity contribution >= 4 is 22.8 Å². The van der Waals surface area contributed by atoms with Crippen LogP contribution in [-0.4, -0.2) is 37.7 Å². The smallest absolute Gasteiger partial charge is 0.340 e. The van der Waals surface area contributed by atoms with E-state index in [2.05, 4.69) is 0 Å². The highest BCUT2D eigenvalue weighted by molar-refractivity contribution is 5.92. The fraction of sp³-hybridized carbons (Fsp3) is 0.429. The van der Waals surface area contributed by atoms with Gasteiger partial charge in [-0.15, -0.1) is 0 Å². The molecule has 2 unspecified atom stereocenters. The number of rotatable bonds is 2. The van der Waals surface area contributed by atoms with Gasteiger partial charge >= 0.3 is 5.97 Å². The van der Waals surface area contributed by atoms with Gasteiger partial charge in [-0.1, -0.05) is 13.8 Å². The van der Waals surface area contributed by atoms with E-state index < -0.39 is 24.1 Å². The van der Waals surface area contributed by atoms with Gasteiger partial charge in [-0.25, -0.2) is 14.2 Å². The third-order valence-corrected chi connectivity index (χ3v) is 7.04. The Morgan fingerprint density at radius 1 is 1.21 bits per heavy atom. The van der Waals surface area contributed by atoms with Crippen LogP contribution in [0.1, 0.15) is 73.1 Å². The summed E-state index contributed by atoms with van der Waals surface area (Å²) in [6.07, 6.45) is 0.572. The second kappa shape index (κ2) is 10.6. The molecule has 1 aromatic carbocycles. The van der Waals surface area contributed by atoms with Gasteiger partial charge in [0.25, 0.3) is 5.56 Å². The van der Waals surface area contributed by atoms with E-state index in [9.17, 15) is 23.9 Å². The molecule has 4 N–H and O–H groups in total. The van der Waals surface area contributed by atoms with Gasteiger partial charge < -0.3 is 25.3 Å². The monoisotopic (exact) mass is 525 g/mol. The lowest BCUT2D eigenvalue weighted by Gasteiger charge is -2.22. The standard InChI is InChI=1S/C22H17FN2O4.C4H9NO2.C2H6/c1-9-10-3-2-4-11-13-7-25-17(19(13)24-16(18(10)11)6-15(9)23)5-12-14(21(25)27)8-29-22(28)20(12)26;1-3(6)2-4(5)7;1-2/h5-6,20,26H,2-4,7-8H2,1H3;3,6H,2H2,1H3,(H2,5,7);1-2H3. The number of pyridine rings is 2. The SMILES string of the molecule is CC.CC(O)CC(N)=O.Cc1c(F)cc2nc3c(c4c2c1CCC4)Cn1c-3cc2c(c1=O)COC(=O)C2O. The van der Waals surface area contributed by atoms with E-state index in [1.165, 1.54) is 13.0 Å². The summed E-state index contributed by atoms with van der Waals surface area (Å²) < 4.78 is 21.1. The molecule has 2 aliphatic heterocycles. The third-order valence-electron chi connectivity index (χ3n) is 7.04. The number of esters is 1. The number of amides is 1. The molecule has 10 heteroatoms. The molecule has 0 spiro atoms. The molecule has 2 aromatic heterocycles. The van der Waals surface area contributed by atoms with Gasteiger partial charge in [-0.3, -0.25) is 9.59 Å². The first-order valence-corrected chi connectivity index (χ1v) is 12.8. The first-order chi connectivity index (χ1) is 18.1. The minimum atomic E-state index is -1.48. The van der Waals surface area contributed by atoms with Crippen molar-refractivity contribution in [2.45, 2.75) is 78.7 Å². The summed E-state index contributed by atoms with van der Waals surface area (Å²) >= 11 is 0. The number of aryl methyl sites for hydroxylation is 2. The number of nitrogens with two attached hydrogens (primary N) is 1. The Bertz CT molecular complexity index is 1510. The maximum Gasteiger partial charge on any atom is 0.340 e. The zero-order chi connectivity index (χ0) is 27.9. The molecule has 2 atom stereocenters. The number of carbonyl (C=O) groups is 2. The molecule has 202 valence electrons. The Labute approximate surface area is 219 Å². The molecule has 3 aromatic rings. The van der Waals surface area contributed by atoms with Crippen LogP contribution in [-0.2, 0) is 40.3 Å². The number of ether oxygens (including phenoxy) is 1. The molecule has 6 rings (SSSR count). The first-order valence-electron chi connectivity index (χ1n) is 12.8. The van der Waals surface area contributed by atoms with Crippen molar-refractivity contribution in [3.8, 4) is 11.4 Å². The second-order valence-corrected chi connectivity index (χ2v) is 9.51. The maximum absolute atomic E-state index is 14.5. The van der Waals surface area contributed by atoms with Crippen molar-refractivity contribution in [1.29, 1.82) is 0 Å². The topological polar surface area (TPSA) is 145 Å². The van der Waals surface area contributed by atoms with Crippen LogP contribution in [0.4, 0.5) is 4.39 Å². The highest BCUT2D eigenvalue weighted by atomic mass is 19.1. The second-order valence-electron chi connectivity index (χ2n) is 9.51. The van der Waals surface area contributed by atoms with E-state index >= 15 is 0 Å². The van der Waals surface area contributed by atoms with Gasteiger partial charge in [0.2, 0.25) is 5.91 Å². The van der Waals surface area contributed by atoms with Crippen LogP contribution >= 0.6 is 0 Å². The zero-order valence-electron chi connectivity index (χ0n) is 21.9. The van der Waals surface area contributed by atoms with Gasteiger partial charge in [0.05, 0.1) is 41.5 Å². The number of carbonyl (C=O) groups excluding carboxylic acids is 2. The molecule has 3 aliphatic rings. The summed E-state index contributed by atoms with van der Waals surface area (Å²) in [5, 5.41) is 19.7. The number of cyclic esters (lactones) is 1. The van der Waals surface area contributed by atoms with Gasteiger partial charge in [-0.2, -0.15) is 0 Å². The highest BCUT2D eigenvalue weighted by Crippen LogP contribution is 2.41. The summed E-state index contributed by atoms with van der Waals surface area (Å²) in [6, 6.07) is 3.13. The van der Waals surface area contributed by atoms with E-state index in [1.807, 2.05) is 13.8 Å². The van der Waals surface area contributed by atoms with Crippen LogP contribution in [0.5, 0.6) is 0 Å². The van der Waals surface area contributed by atoms with Gasteiger partial charge in [-0.05, 0) is 55.9 Å². The Kier molecular flexibility index (Phi) is 7.66. The van der Waals surface area contributed by atoms with E-state index in [1.54, 1.807) is 17.6 Å². The van der Waals surface area contributed by atoms with Crippen LogP contribution < -0.4 is 11.3 Å². The number of halogens is 1. The van der Waals surface area contributed by atoms with Crippen LogP contribution in [0.2, 0.25) is 0 Å². The number of aromatic nitrogens is 2. The molecular weight excluding hydrogens is 493 g/mol. The number of nitrogens with zero attached hydrogens (tertiary/aromatic N) is 2. The number of benzene rings is 1. The molecule has 0 bridgehead atoms. The quantitative estimate of drug-likeness (QED) is 0.341. The van der Waals surface area contributed by atoms with Crippen LogP contribution in [0.15, 0.2) is 16.9 Å². The molecule has 0 saturated carbocycles. The number of hydrogen-bond donors (Lipinski definition) is 3. The largest absolute Gasteiger partial charge is 0.458 e. The Balaban J connectivity index is 0.000000328. The fourth-order valence-corrected chi connectivity index (χ4v) is 5.35. The van der Waals surface area contributed by atoms with Crippen molar-refractivity contribution in [3.63, 3.8) is 0 Å². The Morgan fingerprint density at radius 2 is 1.89 bits per heavy atom. The molecule has 4 heterocycles. The average molecular weight is 526 g/mol. The molecule has 0 saturated heterocycles. The van der Waals surface area contributed by atoms with E-state index in [0.717, 1.165) is 41.3 Å². The highest BCUT2D eigenvalue weighted by Gasteiger charge is 2.35. The van der Waals surface area contributed by atoms with Gasteiger partial charge in [0.15, 0.2) is 6.10 Å². The summed E-state index contributed by atoms with van der Waals surface area (Å²) in [5.41, 5.74) is 10.6. The summed E-state index contributed by atoms with van der Waals surface area (Å²) in [4.78, 5) is 39.5. The van der Waals surface area contributed by atoms with E-state index in [0.29, 0.717) is 34.6 Å². The molecule has 9 nitrogen and oxygen atoms in total. The molecule has 38 heavy (non-hydrogen) atoms.